The molecule has 1 aliphatic carbocycles. The van der Waals surface area contributed by atoms with Crippen molar-refractivity contribution in [1.29, 1.82) is 0 Å². The van der Waals surface area contributed by atoms with Crippen LogP contribution >= 0.6 is 0 Å². The Kier molecular flexibility index (Phi) is 5.30. The molecule has 0 heterocycles. The van der Waals surface area contributed by atoms with Gasteiger partial charge in [-0.2, -0.15) is 0 Å². The Balaban J connectivity index is 2.30. The standard InChI is InChI=1S/C17H17NO5/c1-12(19)14-8-9-16(17(22-2)10-15(14)18(20)21)23-11-13-6-4-3-5-7-13/h3-8,10H,9,11H2,1-2H3. The van der Waals surface area contributed by atoms with Crippen LogP contribution in [-0.4, -0.2) is 17.8 Å². The molecule has 6 heteroatoms. The fourth-order valence-electron chi connectivity index (χ4n) is 2.20. The van der Waals surface area contributed by atoms with Crippen LogP contribution in [0.3, 0.4) is 0 Å². The van der Waals surface area contributed by atoms with Crippen LogP contribution in [0.15, 0.2) is 65.3 Å². The van der Waals surface area contributed by atoms with Gasteiger partial charge in [0.1, 0.15) is 12.4 Å². The van der Waals surface area contributed by atoms with Crippen LogP contribution in [0.25, 0.3) is 0 Å². The van der Waals surface area contributed by atoms with E-state index in [2.05, 4.69) is 0 Å². The van der Waals surface area contributed by atoms with Crippen LogP contribution in [0.4, 0.5) is 0 Å². The number of ether oxygens (including phenoxy) is 2. The van der Waals surface area contributed by atoms with Gasteiger partial charge in [0.25, 0.3) is 5.70 Å². The summed E-state index contributed by atoms with van der Waals surface area (Å²) in [5.74, 6) is 0.333. The SMILES string of the molecule is COC1=C(OCc2ccccc2)CC=C(C(C)=O)C([N+](=O)[O-])=C1. The lowest BCUT2D eigenvalue weighted by molar-refractivity contribution is -0.420. The number of hydrogen-bond acceptors (Lipinski definition) is 5. The van der Waals surface area contributed by atoms with E-state index in [-0.39, 0.29) is 29.2 Å². The molecule has 0 fully saturated rings. The molecule has 0 aromatic heterocycles. The normalized spacial score (nSPS) is 14.5. The number of benzene rings is 1. The highest BCUT2D eigenvalue weighted by atomic mass is 16.6. The third kappa shape index (κ3) is 4.06. The van der Waals surface area contributed by atoms with Crippen molar-refractivity contribution < 1.29 is 19.2 Å². The maximum Gasteiger partial charge on any atom is 0.283 e. The number of nitro groups is 1. The quantitative estimate of drug-likeness (QED) is 0.595. The third-order valence-corrected chi connectivity index (χ3v) is 3.36. The summed E-state index contributed by atoms with van der Waals surface area (Å²) in [5, 5.41) is 11.2. The summed E-state index contributed by atoms with van der Waals surface area (Å²) in [6.45, 7) is 1.61. The van der Waals surface area contributed by atoms with E-state index in [1.807, 2.05) is 30.3 Å². The second kappa shape index (κ2) is 7.40. The van der Waals surface area contributed by atoms with Gasteiger partial charge in [-0.3, -0.25) is 14.9 Å². The van der Waals surface area contributed by atoms with Gasteiger partial charge in [0.05, 0.1) is 23.7 Å². The summed E-state index contributed by atoms with van der Waals surface area (Å²) in [4.78, 5) is 22.2. The van der Waals surface area contributed by atoms with E-state index in [4.69, 9.17) is 9.47 Å². The van der Waals surface area contributed by atoms with Gasteiger partial charge in [-0.1, -0.05) is 36.4 Å². The number of nitrogens with zero attached hydrogens (tertiary/aromatic N) is 1. The molecule has 0 saturated carbocycles. The lowest BCUT2D eigenvalue weighted by Gasteiger charge is -2.11. The Bertz CT molecular complexity index is 701. The molecule has 0 aliphatic heterocycles. The van der Waals surface area contributed by atoms with Crippen molar-refractivity contribution in [3.05, 3.63) is 81.0 Å². The van der Waals surface area contributed by atoms with Gasteiger partial charge in [-0.25, -0.2) is 0 Å². The van der Waals surface area contributed by atoms with E-state index in [0.717, 1.165) is 5.56 Å². The zero-order valence-electron chi connectivity index (χ0n) is 12.9. The van der Waals surface area contributed by atoms with Crippen LogP contribution in [0.2, 0.25) is 0 Å². The van der Waals surface area contributed by atoms with Gasteiger partial charge in [0, 0.05) is 6.42 Å². The molecule has 0 bridgehead atoms. The topological polar surface area (TPSA) is 78.7 Å². The minimum atomic E-state index is -0.591. The summed E-state index contributed by atoms with van der Waals surface area (Å²) in [7, 11) is 1.41. The summed E-state index contributed by atoms with van der Waals surface area (Å²) >= 11 is 0. The molecule has 0 N–H and O–H groups in total. The van der Waals surface area contributed by atoms with Crippen molar-refractivity contribution in [3.8, 4) is 0 Å². The maximum atomic E-state index is 11.6. The number of methoxy groups -OCH3 is 1. The second-order valence-electron chi connectivity index (χ2n) is 4.93. The summed E-state index contributed by atoms with van der Waals surface area (Å²) in [6.07, 6.45) is 2.99. The van der Waals surface area contributed by atoms with E-state index in [1.54, 1.807) is 0 Å². The first-order valence-electron chi connectivity index (χ1n) is 7.04. The van der Waals surface area contributed by atoms with E-state index in [0.29, 0.717) is 12.4 Å². The number of Topliss-reactive ketones (excluding diaryl/α,β-unsaturated/α-hetero) is 1. The molecule has 1 aliphatic rings. The van der Waals surface area contributed by atoms with Crippen molar-refractivity contribution in [2.45, 2.75) is 20.0 Å². The number of rotatable bonds is 6. The zero-order chi connectivity index (χ0) is 16.8. The van der Waals surface area contributed by atoms with Crippen molar-refractivity contribution >= 4 is 5.78 Å². The Labute approximate surface area is 133 Å². The average Bonchev–Trinajstić information content (AvgIpc) is 2.73. The molecule has 0 atom stereocenters. The van der Waals surface area contributed by atoms with Crippen molar-refractivity contribution in [2.75, 3.05) is 7.11 Å². The van der Waals surface area contributed by atoms with Crippen molar-refractivity contribution in [3.63, 3.8) is 0 Å². The molecule has 1 aromatic carbocycles. The van der Waals surface area contributed by atoms with Gasteiger partial charge in [0.2, 0.25) is 0 Å². The van der Waals surface area contributed by atoms with Crippen LogP contribution < -0.4 is 0 Å². The average molecular weight is 315 g/mol. The highest BCUT2D eigenvalue weighted by Gasteiger charge is 2.26. The lowest BCUT2D eigenvalue weighted by Crippen LogP contribution is -2.08. The molecule has 0 spiro atoms. The third-order valence-electron chi connectivity index (χ3n) is 3.36. The fourth-order valence-corrected chi connectivity index (χ4v) is 2.20. The summed E-state index contributed by atoms with van der Waals surface area (Å²) in [5.41, 5.74) is 0.740. The van der Waals surface area contributed by atoms with Gasteiger partial charge >= 0.3 is 0 Å². The highest BCUT2D eigenvalue weighted by Crippen LogP contribution is 2.26. The molecular formula is C17H17NO5. The molecule has 6 nitrogen and oxygen atoms in total. The zero-order valence-corrected chi connectivity index (χ0v) is 12.9. The molecule has 0 radical (unpaired) electrons. The Morgan fingerprint density at radius 1 is 1.30 bits per heavy atom. The van der Waals surface area contributed by atoms with E-state index in [1.165, 1.54) is 26.2 Å². The molecule has 0 unspecified atom stereocenters. The largest absolute Gasteiger partial charge is 0.493 e. The maximum absolute atomic E-state index is 11.6. The Morgan fingerprint density at radius 3 is 2.57 bits per heavy atom. The first-order chi connectivity index (χ1) is 11.0. The molecule has 0 saturated heterocycles. The predicted molar refractivity (Wildman–Crippen MR) is 83.7 cm³/mol. The number of carbonyl (C=O) groups excluding carboxylic acids is 1. The van der Waals surface area contributed by atoms with Gasteiger partial charge in [0.15, 0.2) is 11.5 Å². The van der Waals surface area contributed by atoms with Crippen molar-refractivity contribution in [2.24, 2.45) is 0 Å². The van der Waals surface area contributed by atoms with Gasteiger partial charge in [-0.05, 0) is 12.5 Å². The minimum Gasteiger partial charge on any atom is -0.493 e. The number of carbonyl (C=O) groups is 1. The molecule has 1 aromatic rings. The number of ketones is 1. The second-order valence-corrected chi connectivity index (χ2v) is 4.93. The monoisotopic (exact) mass is 315 g/mol. The Morgan fingerprint density at radius 2 is 2.00 bits per heavy atom. The number of hydrogen-bond donors (Lipinski definition) is 0. The van der Waals surface area contributed by atoms with Crippen LogP contribution in [0.5, 0.6) is 0 Å². The number of allylic oxidation sites excluding steroid dienone is 3. The fraction of sp³-hybridized carbons (Fsp3) is 0.235. The van der Waals surface area contributed by atoms with Gasteiger partial charge in [-0.15, -0.1) is 0 Å². The first-order valence-corrected chi connectivity index (χ1v) is 7.04. The van der Waals surface area contributed by atoms with Crippen LogP contribution in [0, 0.1) is 10.1 Å². The molecule has 23 heavy (non-hydrogen) atoms. The van der Waals surface area contributed by atoms with E-state index < -0.39 is 4.92 Å². The molecule has 0 amide bonds. The smallest absolute Gasteiger partial charge is 0.283 e. The molecule has 2 rings (SSSR count). The summed E-state index contributed by atoms with van der Waals surface area (Å²) in [6, 6.07) is 9.53. The first kappa shape index (κ1) is 16.5. The molecular weight excluding hydrogens is 298 g/mol. The minimum absolute atomic E-state index is 0.0582. The van der Waals surface area contributed by atoms with E-state index in [9.17, 15) is 14.9 Å². The highest BCUT2D eigenvalue weighted by molar-refractivity contribution is 5.97. The summed E-state index contributed by atoms with van der Waals surface area (Å²) < 4.78 is 11.0. The predicted octanol–water partition coefficient (Wildman–Crippen LogP) is 3.14. The molecule has 120 valence electrons. The van der Waals surface area contributed by atoms with Crippen molar-refractivity contribution in [1.82, 2.24) is 0 Å². The van der Waals surface area contributed by atoms with E-state index >= 15 is 0 Å². The van der Waals surface area contributed by atoms with Crippen LogP contribution in [-0.2, 0) is 20.9 Å². The van der Waals surface area contributed by atoms with Gasteiger partial charge < -0.3 is 9.47 Å². The lowest BCUT2D eigenvalue weighted by atomic mass is 10.1. The Hall–Kier alpha value is -2.89. The van der Waals surface area contributed by atoms with Crippen LogP contribution in [0.1, 0.15) is 18.9 Å².